The van der Waals surface area contributed by atoms with Crippen molar-refractivity contribution >= 4 is 87.0 Å². The molecule has 0 saturated heterocycles. The molecule has 0 aliphatic rings. The van der Waals surface area contributed by atoms with Gasteiger partial charge in [-0.3, -0.25) is 15.2 Å². The van der Waals surface area contributed by atoms with E-state index in [1.165, 1.54) is 24.3 Å². The van der Waals surface area contributed by atoms with Gasteiger partial charge < -0.3 is 10.4 Å². The number of nitrogens with one attached hydrogen (secondary N) is 1. The molecule has 0 bridgehead atoms. The predicted octanol–water partition coefficient (Wildman–Crippen LogP) is 5.27. The Morgan fingerprint density at radius 1 is 0.840 bits per heavy atom. The van der Waals surface area contributed by atoms with E-state index in [2.05, 4.69) is 69.0 Å². The van der Waals surface area contributed by atoms with Gasteiger partial charge in [0.15, 0.2) is 0 Å². The molecule has 4 N–H and O–H groups in total. The maximum atomic E-state index is 12.6. The van der Waals surface area contributed by atoms with E-state index in [1.807, 2.05) is 0 Å². The molecule has 2 aromatic carbocycles. The van der Waals surface area contributed by atoms with Gasteiger partial charge in [-0.2, -0.15) is 0 Å². The molecule has 0 saturated carbocycles. The molecule has 1 amide bonds. The second kappa shape index (κ2) is 8.14. The Morgan fingerprint density at radius 2 is 1.32 bits per heavy atom. The van der Waals surface area contributed by atoms with Crippen LogP contribution in [0.2, 0.25) is 0 Å². The van der Waals surface area contributed by atoms with Crippen LogP contribution in [0.1, 0.15) is 20.7 Å². The fraction of sp³-hybridized carbons (Fsp3) is 0. The van der Waals surface area contributed by atoms with Crippen molar-refractivity contribution in [3.05, 3.63) is 53.3 Å². The summed E-state index contributed by atoms with van der Waals surface area (Å²) in [6.45, 7) is 0. The fourth-order valence-electron chi connectivity index (χ4n) is 1.92. The van der Waals surface area contributed by atoms with E-state index in [0.29, 0.717) is 14.6 Å². The van der Waals surface area contributed by atoms with Crippen LogP contribution in [0.15, 0.2) is 42.2 Å². The second-order valence-corrected chi connectivity index (χ2v) is 7.77. The molecule has 11 heteroatoms. The number of nitrogens with zero attached hydrogens (tertiary/aromatic N) is 1. The lowest BCUT2D eigenvalue weighted by Crippen LogP contribution is -2.18. The van der Waals surface area contributed by atoms with E-state index in [9.17, 15) is 14.7 Å². The highest BCUT2D eigenvalue weighted by molar-refractivity contribution is 9.15. The number of carboxylic acid groups (broad SMARTS) is 1. The highest BCUT2D eigenvalue weighted by atomic mass is 79.9. The van der Waals surface area contributed by atoms with Gasteiger partial charge in [-0.15, -0.1) is 5.23 Å². The number of carbonyl (C=O) groups excluding carboxylic acids is 1. The number of aromatic carboxylic acids is 1. The van der Waals surface area contributed by atoms with Gasteiger partial charge in [0, 0.05) is 23.6 Å². The number of rotatable bonds is 4. The minimum atomic E-state index is -1.28. The number of carbonyl (C=O) groups is 2. The van der Waals surface area contributed by atoms with Crippen LogP contribution in [-0.2, 0) is 0 Å². The maximum absolute atomic E-state index is 12.6. The zero-order chi connectivity index (χ0) is 18.9. The molecule has 0 fully saturated rings. The molecule has 0 atom stereocenters. The molecule has 0 heterocycles. The van der Waals surface area contributed by atoms with Crippen LogP contribution < -0.4 is 10.5 Å². The monoisotopic (exact) mass is 600 g/mol. The topological polar surface area (TPSA) is 110 Å². The standard InChI is InChI=1S/C14H8Br4N2O5/c15-9-7(8(14(22)23)10(16)12(18)11(9)17)13(21)19-5-1-3-6(4-2-5)20(24)25/h1-4,24-25H,(H,19,21)(H,22,23). The highest BCUT2D eigenvalue weighted by Crippen LogP contribution is 2.42. The molecular formula is C14H8Br4N2O5. The average Bonchev–Trinajstić information content (AvgIpc) is 2.55. The first-order valence-electron chi connectivity index (χ1n) is 6.33. The quantitative estimate of drug-likeness (QED) is 0.215. The molecule has 0 spiro atoms. The fourth-order valence-corrected chi connectivity index (χ4v) is 4.39. The number of benzene rings is 2. The third kappa shape index (κ3) is 4.23. The molecule has 25 heavy (non-hydrogen) atoms. The Morgan fingerprint density at radius 3 is 1.76 bits per heavy atom. The summed E-state index contributed by atoms with van der Waals surface area (Å²) in [5.74, 6) is -1.94. The van der Waals surface area contributed by atoms with Crippen molar-refractivity contribution in [1.29, 1.82) is 0 Å². The molecular weight excluding hydrogens is 596 g/mol. The zero-order valence-electron chi connectivity index (χ0n) is 11.9. The Kier molecular flexibility index (Phi) is 6.62. The van der Waals surface area contributed by atoms with Crippen molar-refractivity contribution in [2.75, 3.05) is 10.5 Å². The van der Waals surface area contributed by atoms with E-state index in [1.54, 1.807) is 0 Å². The zero-order valence-corrected chi connectivity index (χ0v) is 18.3. The molecule has 2 aromatic rings. The SMILES string of the molecule is O=C(O)c1c(Br)c(Br)c(Br)c(Br)c1C(=O)Nc1ccc(N(O)O)cc1. The number of anilines is 2. The van der Waals surface area contributed by atoms with Crippen molar-refractivity contribution in [2.45, 2.75) is 0 Å². The molecule has 0 aromatic heterocycles. The van der Waals surface area contributed by atoms with Gasteiger partial charge in [0.25, 0.3) is 5.91 Å². The van der Waals surface area contributed by atoms with Crippen molar-refractivity contribution in [3.8, 4) is 0 Å². The normalized spacial score (nSPS) is 10.5. The van der Waals surface area contributed by atoms with E-state index >= 15 is 0 Å². The first-order chi connectivity index (χ1) is 11.6. The summed E-state index contributed by atoms with van der Waals surface area (Å²) >= 11 is 12.9. The lowest BCUT2D eigenvalue weighted by molar-refractivity contribution is 0.0291. The van der Waals surface area contributed by atoms with Gasteiger partial charge in [0.2, 0.25) is 0 Å². The largest absolute Gasteiger partial charge is 0.478 e. The lowest BCUT2D eigenvalue weighted by atomic mass is 10.1. The summed E-state index contributed by atoms with van der Waals surface area (Å²) in [6, 6.07) is 5.58. The first kappa shape index (κ1) is 20.3. The van der Waals surface area contributed by atoms with Crippen LogP contribution in [0.4, 0.5) is 11.4 Å². The summed E-state index contributed by atoms with van der Waals surface area (Å²) in [7, 11) is 0. The summed E-state index contributed by atoms with van der Waals surface area (Å²) in [5, 5.41) is 29.8. The summed E-state index contributed by atoms with van der Waals surface area (Å²) < 4.78 is 1.41. The maximum Gasteiger partial charge on any atom is 0.337 e. The number of carboxylic acids is 1. The second-order valence-electron chi connectivity index (χ2n) is 4.60. The van der Waals surface area contributed by atoms with Crippen LogP contribution >= 0.6 is 63.7 Å². The Balaban J connectivity index is 2.47. The summed E-state index contributed by atoms with van der Waals surface area (Å²) in [6.07, 6.45) is 0. The van der Waals surface area contributed by atoms with Crippen molar-refractivity contribution in [3.63, 3.8) is 0 Å². The van der Waals surface area contributed by atoms with Crippen LogP contribution in [0, 0.1) is 0 Å². The van der Waals surface area contributed by atoms with Crippen LogP contribution in [0.5, 0.6) is 0 Å². The van der Waals surface area contributed by atoms with Gasteiger partial charge >= 0.3 is 5.97 Å². The van der Waals surface area contributed by atoms with Crippen LogP contribution in [-0.4, -0.2) is 27.4 Å². The Bertz CT molecular complexity index is 856. The molecule has 2 rings (SSSR count). The minimum absolute atomic E-state index is 0.0618. The molecule has 0 unspecified atom stereocenters. The number of hydrogen-bond acceptors (Lipinski definition) is 5. The summed E-state index contributed by atoms with van der Waals surface area (Å²) in [5.41, 5.74) is 0.144. The number of hydrogen-bond donors (Lipinski definition) is 4. The third-order valence-electron chi connectivity index (χ3n) is 3.06. The molecule has 132 valence electrons. The Labute approximate surface area is 175 Å². The third-order valence-corrected chi connectivity index (χ3v) is 7.83. The van der Waals surface area contributed by atoms with Gasteiger partial charge in [-0.1, -0.05) is 0 Å². The number of amides is 1. The lowest BCUT2D eigenvalue weighted by Gasteiger charge is -2.15. The molecule has 0 aliphatic carbocycles. The summed E-state index contributed by atoms with van der Waals surface area (Å²) in [4.78, 5) is 24.2. The smallest absolute Gasteiger partial charge is 0.337 e. The average molecular weight is 604 g/mol. The van der Waals surface area contributed by atoms with E-state index in [-0.39, 0.29) is 31.0 Å². The molecule has 7 nitrogen and oxygen atoms in total. The first-order valence-corrected chi connectivity index (χ1v) is 9.50. The van der Waals surface area contributed by atoms with Crippen LogP contribution in [0.3, 0.4) is 0 Å². The van der Waals surface area contributed by atoms with E-state index in [4.69, 9.17) is 10.4 Å². The van der Waals surface area contributed by atoms with Gasteiger partial charge in [0.1, 0.15) is 0 Å². The minimum Gasteiger partial charge on any atom is -0.478 e. The molecule has 0 aliphatic heterocycles. The molecule has 0 radical (unpaired) electrons. The van der Waals surface area contributed by atoms with Gasteiger partial charge in [0.05, 0.1) is 16.8 Å². The van der Waals surface area contributed by atoms with Crippen molar-refractivity contribution < 1.29 is 25.1 Å². The number of halogens is 4. The predicted molar refractivity (Wildman–Crippen MR) is 105 cm³/mol. The van der Waals surface area contributed by atoms with Crippen molar-refractivity contribution in [1.82, 2.24) is 0 Å². The van der Waals surface area contributed by atoms with Gasteiger partial charge in [-0.25, -0.2) is 4.79 Å². The van der Waals surface area contributed by atoms with Crippen molar-refractivity contribution in [2.24, 2.45) is 0 Å². The highest BCUT2D eigenvalue weighted by Gasteiger charge is 2.27. The van der Waals surface area contributed by atoms with Crippen LogP contribution in [0.25, 0.3) is 0 Å². The van der Waals surface area contributed by atoms with E-state index in [0.717, 1.165) is 0 Å². The van der Waals surface area contributed by atoms with Gasteiger partial charge in [-0.05, 0) is 88.0 Å². The van der Waals surface area contributed by atoms with E-state index < -0.39 is 11.9 Å². The Hall–Kier alpha value is -0.980.